The third kappa shape index (κ3) is 4.10. The van der Waals surface area contributed by atoms with Gasteiger partial charge in [-0.2, -0.15) is 0 Å². The summed E-state index contributed by atoms with van der Waals surface area (Å²) in [5.74, 6) is 0. The quantitative estimate of drug-likeness (QED) is 0.850. The lowest BCUT2D eigenvalue weighted by Gasteiger charge is -2.39. The topological polar surface area (TPSA) is 36.4 Å². The Morgan fingerprint density at radius 3 is 2.36 bits per heavy atom. The monoisotopic (exact) mass is 338 g/mol. The van der Waals surface area contributed by atoms with Crippen molar-refractivity contribution < 1.29 is 5.11 Å². The smallest absolute Gasteiger partial charge is 0.116 e. The van der Waals surface area contributed by atoms with E-state index in [4.69, 9.17) is 0 Å². The molecule has 1 aromatic heterocycles. The van der Waals surface area contributed by atoms with Crippen LogP contribution in [0.3, 0.4) is 0 Å². The van der Waals surface area contributed by atoms with Crippen molar-refractivity contribution in [3.05, 3.63) is 66.0 Å². The number of benzene rings is 1. The van der Waals surface area contributed by atoms with Gasteiger partial charge in [0.15, 0.2) is 0 Å². The van der Waals surface area contributed by atoms with E-state index in [0.717, 1.165) is 24.1 Å². The summed E-state index contributed by atoms with van der Waals surface area (Å²) >= 11 is 0. The molecule has 0 aliphatic carbocycles. The molecule has 0 spiro atoms. The highest BCUT2D eigenvalue weighted by molar-refractivity contribution is 5.34. The first-order valence-corrected chi connectivity index (χ1v) is 9.55. The van der Waals surface area contributed by atoms with Crippen LogP contribution in [0.2, 0.25) is 0 Å². The van der Waals surface area contributed by atoms with Gasteiger partial charge in [-0.15, -0.1) is 0 Å². The van der Waals surface area contributed by atoms with Gasteiger partial charge in [-0.25, -0.2) is 0 Å². The van der Waals surface area contributed by atoms with Crippen molar-refractivity contribution in [2.75, 3.05) is 6.54 Å². The van der Waals surface area contributed by atoms with E-state index >= 15 is 0 Å². The molecule has 0 saturated carbocycles. The lowest BCUT2D eigenvalue weighted by Crippen LogP contribution is -2.44. The number of hydrogen-bond acceptors (Lipinski definition) is 3. The molecule has 1 aliphatic rings. The van der Waals surface area contributed by atoms with Crippen LogP contribution in [0.15, 0.2) is 54.9 Å². The number of aromatic nitrogens is 1. The maximum atomic E-state index is 11.6. The van der Waals surface area contributed by atoms with Gasteiger partial charge in [-0.3, -0.25) is 9.88 Å². The predicted molar refractivity (Wildman–Crippen MR) is 102 cm³/mol. The molecule has 3 nitrogen and oxygen atoms in total. The maximum Gasteiger partial charge on any atom is 0.116 e. The van der Waals surface area contributed by atoms with Gasteiger partial charge in [0.05, 0.1) is 0 Å². The highest BCUT2D eigenvalue weighted by Crippen LogP contribution is 2.34. The molecule has 0 bridgehead atoms. The van der Waals surface area contributed by atoms with Gasteiger partial charge >= 0.3 is 0 Å². The van der Waals surface area contributed by atoms with E-state index in [1.54, 1.807) is 12.4 Å². The van der Waals surface area contributed by atoms with Crippen LogP contribution < -0.4 is 0 Å². The Morgan fingerprint density at radius 2 is 1.72 bits per heavy atom. The summed E-state index contributed by atoms with van der Waals surface area (Å²) in [6.45, 7) is 5.71. The molecule has 3 atom stereocenters. The molecule has 134 valence electrons. The zero-order chi connectivity index (χ0) is 17.7. The molecule has 0 unspecified atom stereocenters. The van der Waals surface area contributed by atoms with Crippen molar-refractivity contribution >= 4 is 0 Å². The normalized spacial score (nSPS) is 24.0. The van der Waals surface area contributed by atoms with E-state index < -0.39 is 5.60 Å². The van der Waals surface area contributed by atoms with Crippen LogP contribution in [-0.2, 0) is 5.60 Å². The average Bonchev–Trinajstić information content (AvgIpc) is 2.65. The number of nitrogens with zero attached hydrogens (tertiary/aromatic N) is 2. The third-order valence-corrected chi connectivity index (χ3v) is 5.72. The number of rotatable bonds is 6. The molecular formula is C22H30N2O. The van der Waals surface area contributed by atoms with Gasteiger partial charge in [0.2, 0.25) is 0 Å². The zero-order valence-corrected chi connectivity index (χ0v) is 15.4. The predicted octanol–water partition coefficient (Wildman–Crippen LogP) is 4.36. The van der Waals surface area contributed by atoms with Gasteiger partial charge in [-0.1, -0.05) is 42.8 Å². The van der Waals surface area contributed by atoms with Crippen LogP contribution in [0.4, 0.5) is 0 Å². The van der Waals surface area contributed by atoms with Crippen LogP contribution in [0.5, 0.6) is 0 Å². The average molecular weight is 338 g/mol. The van der Waals surface area contributed by atoms with Crippen molar-refractivity contribution in [2.45, 2.75) is 63.6 Å². The molecule has 3 heteroatoms. The lowest BCUT2D eigenvalue weighted by molar-refractivity contribution is 0.0519. The Balaban J connectivity index is 1.75. The lowest BCUT2D eigenvalue weighted by atomic mass is 9.83. The SMILES string of the molecule is C[C@@H]1CCC[C@H](C)N1CCC[C@@](O)(c1ccccc1)c1cccnc1. The summed E-state index contributed by atoms with van der Waals surface area (Å²) in [6.07, 6.45) is 9.13. The highest BCUT2D eigenvalue weighted by atomic mass is 16.3. The number of piperidine rings is 1. The Hall–Kier alpha value is -1.71. The zero-order valence-electron chi connectivity index (χ0n) is 15.4. The van der Waals surface area contributed by atoms with Crippen LogP contribution in [0.25, 0.3) is 0 Å². The van der Waals surface area contributed by atoms with Gasteiger partial charge in [-0.05, 0) is 57.7 Å². The van der Waals surface area contributed by atoms with Crippen molar-refractivity contribution in [3.63, 3.8) is 0 Å². The minimum Gasteiger partial charge on any atom is -0.380 e. The van der Waals surface area contributed by atoms with E-state index in [1.807, 2.05) is 42.5 Å². The molecule has 0 amide bonds. The first-order chi connectivity index (χ1) is 12.1. The Labute approximate surface area is 151 Å². The van der Waals surface area contributed by atoms with Crippen LogP contribution >= 0.6 is 0 Å². The summed E-state index contributed by atoms with van der Waals surface area (Å²) in [5.41, 5.74) is 0.848. The standard InChI is InChI=1S/C22H30N2O/c1-18-9-6-10-19(2)24(18)16-8-14-22(25,20-11-4-3-5-12-20)21-13-7-15-23-17-21/h3-5,7,11-13,15,17-19,25H,6,8-10,14,16H2,1-2H3/t18-,19+,22-/m1/s1. The van der Waals surface area contributed by atoms with Crippen molar-refractivity contribution in [1.82, 2.24) is 9.88 Å². The minimum absolute atomic E-state index is 0.645. The van der Waals surface area contributed by atoms with Crippen molar-refractivity contribution in [1.29, 1.82) is 0 Å². The second-order valence-electron chi connectivity index (χ2n) is 7.44. The molecule has 1 N–H and O–H groups in total. The van der Waals surface area contributed by atoms with Crippen molar-refractivity contribution in [3.8, 4) is 0 Å². The van der Waals surface area contributed by atoms with E-state index in [9.17, 15) is 5.11 Å². The fourth-order valence-corrected chi connectivity index (χ4v) is 4.21. The second kappa shape index (κ2) is 8.11. The Morgan fingerprint density at radius 1 is 1.04 bits per heavy atom. The Bertz CT molecular complexity index is 594. The van der Waals surface area contributed by atoms with E-state index in [2.05, 4.69) is 23.7 Å². The van der Waals surface area contributed by atoms with Gasteiger partial charge in [0.25, 0.3) is 0 Å². The maximum absolute atomic E-state index is 11.6. The molecule has 1 saturated heterocycles. The van der Waals surface area contributed by atoms with Crippen LogP contribution in [0, 0.1) is 0 Å². The molecule has 0 radical (unpaired) electrons. The van der Waals surface area contributed by atoms with Gasteiger partial charge < -0.3 is 5.11 Å². The fourth-order valence-electron chi connectivity index (χ4n) is 4.21. The van der Waals surface area contributed by atoms with Crippen LogP contribution in [-0.4, -0.2) is 33.6 Å². The first-order valence-electron chi connectivity index (χ1n) is 9.55. The number of pyridine rings is 1. The molecule has 2 aromatic rings. The number of likely N-dealkylation sites (tertiary alicyclic amines) is 1. The highest BCUT2D eigenvalue weighted by Gasteiger charge is 2.32. The largest absolute Gasteiger partial charge is 0.380 e. The van der Waals surface area contributed by atoms with E-state index in [0.29, 0.717) is 18.5 Å². The summed E-state index contributed by atoms with van der Waals surface area (Å²) in [7, 11) is 0. The minimum atomic E-state index is -0.974. The number of hydrogen-bond donors (Lipinski definition) is 1. The molecule has 1 aromatic carbocycles. The summed E-state index contributed by atoms with van der Waals surface area (Å²) in [6, 6.07) is 15.2. The summed E-state index contributed by atoms with van der Waals surface area (Å²) in [5, 5.41) is 11.6. The van der Waals surface area contributed by atoms with Crippen LogP contribution in [0.1, 0.15) is 57.1 Å². The second-order valence-corrected chi connectivity index (χ2v) is 7.44. The first kappa shape index (κ1) is 18.1. The van der Waals surface area contributed by atoms with Crippen molar-refractivity contribution in [2.24, 2.45) is 0 Å². The Kier molecular flexibility index (Phi) is 5.87. The third-order valence-electron chi connectivity index (χ3n) is 5.72. The van der Waals surface area contributed by atoms with Gasteiger partial charge in [0.1, 0.15) is 5.60 Å². The van der Waals surface area contributed by atoms with E-state index in [-0.39, 0.29) is 0 Å². The molecule has 1 aliphatic heterocycles. The molecular weight excluding hydrogens is 308 g/mol. The molecule has 2 heterocycles. The molecule has 1 fully saturated rings. The fraction of sp³-hybridized carbons (Fsp3) is 0.500. The summed E-state index contributed by atoms with van der Waals surface area (Å²) in [4.78, 5) is 6.84. The van der Waals surface area contributed by atoms with Gasteiger partial charge in [0, 0.05) is 30.0 Å². The summed E-state index contributed by atoms with van der Waals surface area (Å²) < 4.78 is 0. The molecule has 25 heavy (non-hydrogen) atoms. The molecule has 3 rings (SSSR count). The van der Waals surface area contributed by atoms with E-state index in [1.165, 1.54) is 19.3 Å². The number of aliphatic hydroxyl groups is 1.